The quantitative estimate of drug-likeness (QED) is 0.123. The zero-order valence-electron chi connectivity index (χ0n) is 34.8. The van der Waals surface area contributed by atoms with Gasteiger partial charge in [0, 0.05) is 113 Å². The van der Waals surface area contributed by atoms with Crippen molar-refractivity contribution in [2.45, 2.75) is 63.5 Å². The highest BCUT2D eigenvalue weighted by Crippen LogP contribution is 2.38. The Kier molecular flexibility index (Phi) is 13.1. The fourth-order valence-corrected chi connectivity index (χ4v) is 8.54. The first kappa shape index (κ1) is 42.2. The van der Waals surface area contributed by atoms with Crippen LogP contribution in [0.1, 0.15) is 57.4 Å². The summed E-state index contributed by atoms with van der Waals surface area (Å²) in [4.78, 5) is 42.8. The minimum atomic E-state index is 0.263. The fraction of sp³-hybridized carbons (Fsp3) is 0.208. The van der Waals surface area contributed by atoms with Crippen LogP contribution in [0.2, 0.25) is 10.2 Å². The second kappa shape index (κ2) is 19.9. The lowest BCUT2D eigenvalue weighted by Gasteiger charge is -2.16. The van der Waals surface area contributed by atoms with Gasteiger partial charge in [0.25, 0.3) is 0 Å². The van der Waals surface area contributed by atoms with Crippen molar-refractivity contribution in [2.24, 2.45) is 0 Å². The van der Waals surface area contributed by atoms with Crippen molar-refractivity contribution in [1.82, 2.24) is 54.4 Å². The zero-order chi connectivity index (χ0) is 43.7. The molecule has 0 spiro atoms. The molecule has 0 aliphatic heterocycles. The van der Waals surface area contributed by atoms with Gasteiger partial charge in [-0.2, -0.15) is 9.97 Å². The fourth-order valence-electron chi connectivity index (χ4n) is 8.21. The molecule has 2 saturated carbocycles. The molecule has 9 aromatic heterocycles. The Bertz CT molecular complexity index is 2940. The average molecular weight is 888 g/mol. The van der Waals surface area contributed by atoms with E-state index in [-0.39, 0.29) is 5.95 Å². The summed E-state index contributed by atoms with van der Waals surface area (Å²) >= 11 is 11.9. The average Bonchev–Trinajstić information content (AvgIpc) is 4.13. The van der Waals surface area contributed by atoms with E-state index in [1.54, 1.807) is 55.6 Å². The van der Waals surface area contributed by atoms with Gasteiger partial charge in [-0.05, 0) is 97.5 Å². The number of aromatic nitrogens is 11. The van der Waals surface area contributed by atoms with Gasteiger partial charge in [0.05, 0.1) is 16.7 Å². The Morgan fingerprint density at radius 1 is 0.547 bits per heavy atom. The van der Waals surface area contributed by atoms with Gasteiger partial charge in [-0.25, -0.2) is 19.9 Å². The lowest BCUT2D eigenvalue weighted by Crippen LogP contribution is -2.17. The van der Waals surface area contributed by atoms with Crippen molar-refractivity contribution < 1.29 is 0 Å². The molecule has 0 aromatic carbocycles. The van der Waals surface area contributed by atoms with Crippen molar-refractivity contribution in [1.29, 1.82) is 0 Å². The van der Waals surface area contributed by atoms with Crippen molar-refractivity contribution in [3.63, 3.8) is 0 Å². The molecule has 9 aromatic rings. The van der Waals surface area contributed by atoms with E-state index in [1.807, 2.05) is 73.3 Å². The van der Waals surface area contributed by atoms with Crippen molar-refractivity contribution in [3.8, 4) is 33.4 Å². The van der Waals surface area contributed by atoms with Crippen LogP contribution in [-0.2, 0) is 0 Å². The maximum Gasteiger partial charge on any atom is 0.230 e. The highest BCUT2D eigenvalue weighted by atomic mass is 35.5. The summed E-state index contributed by atoms with van der Waals surface area (Å²) < 4.78 is 2.36. The van der Waals surface area contributed by atoms with Crippen LogP contribution in [0, 0.1) is 0 Å². The summed E-state index contributed by atoms with van der Waals surface area (Å²) in [6.45, 7) is 0. The first-order valence-corrected chi connectivity index (χ1v) is 22.0. The van der Waals surface area contributed by atoms with E-state index in [0.29, 0.717) is 34.0 Å². The zero-order valence-corrected chi connectivity index (χ0v) is 36.3. The molecule has 2 aliphatic rings. The van der Waals surface area contributed by atoms with Gasteiger partial charge in [0.1, 0.15) is 22.4 Å². The first-order chi connectivity index (χ1) is 31.5. The molecular formula is C48H44Cl2N14. The second-order valence-electron chi connectivity index (χ2n) is 15.5. The molecule has 16 heteroatoms. The van der Waals surface area contributed by atoms with Crippen molar-refractivity contribution in [3.05, 3.63) is 145 Å². The highest BCUT2D eigenvalue weighted by molar-refractivity contribution is 6.33. The normalized spacial score (nSPS) is 13.8. The molecule has 0 atom stereocenters. The molecular weight excluding hydrogens is 844 g/mol. The highest BCUT2D eigenvalue weighted by Gasteiger charge is 2.23. The van der Waals surface area contributed by atoms with Gasteiger partial charge in [0.15, 0.2) is 0 Å². The van der Waals surface area contributed by atoms with Gasteiger partial charge < -0.3 is 20.9 Å². The number of nitrogens with zero attached hydrogens (tertiary/aromatic N) is 11. The van der Waals surface area contributed by atoms with E-state index in [4.69, 9.17) is 33.9 Å². The van der Waals surface area contributed by atoms with E-state index >= 15 is 0 Å². The third-order valence-electron chi connectivity index (χ3n) is 11.4. The number of pyridine rings is 6. The van der Waals surface area contributed by atoms with E-state index < -0.39 is 0 Å². The second-order valence-corrected chi connectivity index (χ2v) is 16.3. The predicted molar refractivity (Wildman–Crippen MR) is 254 cm³/mol. The summed E-state index contributed by atoms with van der Waals surface area (Å²) in [5, 5.41) is 10.0. The molecule has 64 heavy (non-hydrogen) atoms. The molecule has 9 heterocycles. The molecule has 14 nitrogen and oxygen atoms in total. The maximum absolute atomic E-state index is 6.21. The predicted octanol–water partition coefficient (Wildman–Crippen LogP) is 11.2. The van der Waals surface area contributed by atoms with Crippen LogP contribution in [0.3, 0.4) is 0 Å². The molecule has 0 amide bonds. The van der Waals surface area contributed by atoms with E-state index in [2.05, 4.69) is 66.1 Å². The topological polar surface area (TPSA) is 184 Å². The van der Waals surface area contributed by atoms with Crippen molar-refractivity contribution in [2.75, 3.05) is 16.4 Å². The molecule has 0 bridgehead atoms. The van der Waals surface area contributed by atoms with Crippen LogP contribution in [0.25, 0.3) is 55.3 Å². The number of fused-ring (bicyclic) bond motifs is 3. The Labute approximate surface area is 379 Å². The number of anilines is 4. The molecule has 4 N–H and O–H groups in total. The number of rotatable bonds is 8. The number of hydrogen-bond donors (Lipinski definition) is 3. The van der Waals surface area contributed by atoms with Crippen molar-refractivity contribution >= 4 is 68.7 Å². The Morgan fingerprint density at radius 3 is 1.88 bits per heavy atom. The number of nitrogens with two attached hydrogens (primary N) is 1. The molecule has 11 rings (SSSR count). The monoisotopic (exact) mass is 886 g/mol. The van der Waals surface area contributed by atoms with E-state index in [0.717, 1.165) is 74.0 Å². The summed E-state index contributed by atoms with van der Waals surface area (Å²) in [5.41, 5.74) is 13.8. The van der Waals surface area contributed by atoms with Gasteiger partial charge in [0.2, 0.25) is 11.9 Å². The van der Waals surface area contributed by atoms with Gasteiger partial charge >= 0.3 is 0 Å². The number of hydrogen-bond acceptors (Lipinski definition) is 13. The first-order valence-electron chi connectivity index (χ1n) is 21.2. The lowest BCUT2D eigenvalue weighted by atomic mass is 10.1. The smallest absolute Gasteiger partial charge is 0.230 e. The third-order valence-corrected chi connectivity index (χ3v) is 11.9. The summed E-state index contributed by atoms with van der Waals surface area (Å²) in [5.74, 6) is 2.27. The van der Waals surface area contributed by atoms with Crippen LogP contribution in [0.15, 0.2) is 135 Å². The molecule has 2 fully saturated rings. The van der Waals surface area contributed by atoms with Crippen LogP contribution in [0.4, 0.5) is 23.5 Å². The number of nitrogen functional groups attached to an aromatic ring is 1. The maximum atomic E-state index is 6.21. The lowest BCUT2D eigenvalue weighted by molar-refractivity contribution is 0.546. The summed E-state index contributed by atoms with van der Waals surface area (Å²) in [7, 11) is 0. The molecule has 0 radical (unpaired) electrons. The Balaban J connectivity index is 0.000000134. The molecule has 2 aliphatic carbocycles. The molecule has 0 unspecified atom stereocenters. The van der Waals surface area contributed by atoms with Crippen LogP contribution >= 0.6 is 23.2 Å². The Hall–Kier alpha value is -7.16. The number of nitrogens with one attached hydrogen (secondary N) is 2. The van der Waals surface area contributed by atoms with E-state index in [1.165, 1.54) is 38.5 Å². The SMILES string of the molecule is Clc1ccc(-c2ccncc2)cn1.Nc1ncc(-c2ccncc2Cl)c(NC2CCCC2)n1.c1cc(-c2ccc(Nc3ncc4c5ccncc5n(C5CCCC5)c4n3)nc2)ccn1. The number of halogens is 2. The van der Waals surface area contributed by atoms with Gasteiger partial charge in [-0.3, -0.25) is 19.9 Å². The minimum Gasteiger partial charge on any atom is -0.368 e. The molecule has 0 saturated heterocycles. The van der Waals surface area contributed by atoms with E-state index in [9.17, 15) is 0 Å². The van der Waals surface area contributed by atoms with Crippen LogP contribution in [-0.4, -0.2) is 60.4 Å². The van der Waals surface area contributed by atoms with Gasteiger partial charge in [-0.15, -0.1) is 0 Å². The summed E-state index contributed by atoms with van der Waals surface area (Å²) in [6, 6.07) is 20.3. The van der Waals surface area contributed by atoms with Gasteiger partial charge in [-0.1, -0.05) is 48.9 Å². The third kappa shape index (κ3) is 9.88. The Morgan fingerprint density at radius 2 is 1.20 bits per heavy atom. The minimum absolute atomic E-state index is 0.263. The molecule has 320 valence electrons. The van der Waals surface area contributed by atoms with Crippen LogP contribution < -0.4 is 16.4 Å². The van der Waals surface area contributed by atoms with Crippen LogP contribution in [0.5, 0.6) is 0 Å². The largest absolute Gasteiger partial charge is 0.368 e. The standard InChI is InChI=1S/C24H21N7.C14H16ClN5.C10H7ClN2/c1-2-4-18(3-1)31-21-15-26-12-9-19(21)20-14-28-24(30-23(20)31)29-22-6-5-17(13-27-22)16-7-10-25-11-8-16;15-12-8-17-6-5-10(12)11-7-18-14(16)20-13(11)19-9-3-1-2-4-9;11-10-2-1-9(7-13-10)8-3-5-12-6-4-8/h5-15,18H,1-4H2,(H,27,28,29,30);5-9H,1-4H2,(H3,16,18,19,20);1-7H. The summed E-state index contributed by atoms with van der Waals surface area (Å²) in [6.07, 6.45) is 31.1.